The van der Waals surface area contributed by atoms with Crippen LogP contribution in [0, 0.1) is 5.92 Å². The molecule has 3 rings (SSSR count). The lowest BCUT2D eigenvalue weighted by Crippen LogP contribution is -2.63. The minimum atomic E-state index is -3.68. The Morgan fingerprint density at radius 2 is 2.06 bits per heavy atom. The Balaban J connectivity index is 2.27. The number of halogens is 1. The molecule has 3 aliphatic heterocycles. The van der Waals surface area contributed by atoms with Crippen molar-refractivity contribution in [1.29, 1.82) is 0 Å². The van der Waals surface area contributed by atoms with E-state index < -0.39 is 20.6 Å². The molecule has 3 fully saturated rings. The molecule has 0 saturated carbocycles. The average Bonchev–Trinajstić information content (AvgIpc) is 2.14. The highest BCUT2D eigenvalue weighted by molar-refractivity contribution is 8.13. The predicted molar refractivity (Wildman–Crippen MR) is 63.3 cm³/mol. The van der Waals surface area contributed by atoms with Gasteiger partial charge in [-0.05, 0) is 25.9 Å². The van der Waals surface area contributed by atoms with Gasteiger partial charge in [-0.25, -0.2) is 8.42 Å². The third-order valence-electron chi connectivity index (χ3n) is 3.59. The van der Waals surface area contributed by atoms with Gasteiger partial charge in [0.15, 0.2) is 0 Å². The maximum atomic E-state index is 11.3. The van der Waals surface area contributed by atoms with E-state index in [-0.39, 0.29) is 11.7 Å². The van der Waals surface area contributed by atoms with E-state index in [4.69, 9.17) is 15.4 Å². The van der Waals surface area contributed by atoms with Crippen LogP contribution in [0.25, 0.3) is 0 Å². The first kappa shape index (κ1) is 13.1. The number of carbonyl (C=O) groups excluding carboxylic acids is 1. The molecule has 5 nitrogen and oxygen atoms in total. The van der Waals surface area contributed by atoms with Gasteiger partial charge in [-0.1, -0.05) is 0 Å². The predicted octanol–water partition coefficient (Wildman–Crippen LogP) is 0.583. The molecule has 2 bridgehead atoms. The molecule has 0 aromatic carbocycles. The Bertz CT molecular complexity index is 416. The first-order valence-electron chi connectivity index (χ1n) is 5.65. The molecule has 0 aromatic rings. The Morgan fingerprint density at radius 1 is 1.47 bits per heavy atom. The summed E-state index contributed by atoms with van der Waals surface area (Å²) in [7, 11) is 1.66. The minimum absolute atomic E-state index is 0.102. The summed E-state index contributed by atoms with van der Waals surface area (Å²) in [6, 6.07) is 0. The summed E-state index contributed by atoms with van der Waals surface area (Å²) in [5, 5.41) is 0. The van der Waals surface area contributed by atoms with E-state index in [9.17, 15) is 13.2 Å². The van der Waals surface area contributed by atoms with Gasteiger partial charge in [-0.2, -0.15) is 0 Å². The van der Waals surface area contributed by atoms with Crippen LogP contribution in [0.15, 0.2) is 0 Å². The molecule has 0 radical (unpaired) electrons. The third-order valence-corrected chi connectivity index (χ3v) is 4.75. The van der Waals surface area contributed by atoms with Gasteiger partial charge in [-0.3, -0.25) is 9.69 Å². The van der Waals surface area contributed by atoms with Crippen LogP contribution in [0.5, 0.6) is 0 Å². The Kier molecular flexibility index (Phi) is 3.40. The van der Waals surface area contributed by atoms with Gasteiger partial charge >= 0.3 is 5.97 Å². The van der Waals surface area contributed by atoms with Crippen molar-refractivity contribution in [3.63, 3.8) is 0 Å². The second kappa shape index (κ2) is 4.40. The number of hydrogen-bond donors (Lipinski definition) is 0. The van der Waals surface area contributed by atoms with E-state index in [1.165, 1.54) is 6.92 Å². The van der Waals surface area contributed by atoms with E-state index in [0.29, 0.717) is 6.54 Å². The zero-order chi connectivity index (χ0) is 12.7. The highest BCUT2D eigenvalue weighted by Gasteiger charge is 2.51. The summed E-state index contributed by atoms with van der Waals surface area (Å²) >= 11 is 0. The summed E-state index contributed by atoms with van der Waals surface area (Å²) in [5.74, 6) is -0.633. The van der Waals surface area contributed by atoms with Crippen LogP contribution in [0.3, 0.4) is 0 Å². The molecule has 1 atom stereocenters. The number of ether oxygens (including phenoxy) is 1. The molecule has 3 aliphatic rings. The number of hydrogen-bond acceptors (Lipinski definition) is 5. The number of fused-ring (bicyclic) bond motifs is 3. The van der Waals surface area contributed by atoms with Gasteiger partial charge in [0.2, 0.25) is 9.05 Å². The van der Waals surface area contributed by atoms with Gasteiger partial charge in [0.1, 0.15) is 11.4 Å². The molecule has 3 heterocycles. The molecule has 0 amide bonds. The topological polar surface area (TPSA) is 63.7 Å². The molecular weight excluding hydrogens is 266 g/mol. The highest BCUT2D eigenvalue weighted by atomic mass is 35.7. The largest absolute Gasteiger partial charge is 0.456 e. The fraction of sp³-hybridized carbons (Fsp3) is 0.900. The summed E-state index contributed by atoms with van der Waals surface area (Å²) in [5.41, 5.74) is -0.942. The van der Waals surface area contributed by atoms with Gasteiger partial charge in [-0.15, -0.1) is 0 Å². The van der Waals surface area contributed by atoms with Crippen LogP contribution in [0.1, 0.15) is 19.8 Å². The molecule has 3 saturated heterocycles. The van der Waals surface area contributed by atoms with E-state index in [1.54, 1.807) is 0 Å². The number of esters is 1. The van der Waals surface area contributed by atoms with Crippen LogP contribution >= 0.6 is 10.7 Å². The number of rotatable bonds is 3. The Hall–Kier alpha value is -0.330. The van der Waals surface area contributed by atoms with Crippen LogP contribution < -0.4 is 0 Å². The molecule has 0 aliphatic carbocycles. The van der Waals surface area contributed by atoms with Gasteiger partial charge < -0.3 is 4.74 Å². The van der Waals surface area contributed by atoms with Crippen LogP contribution in [-0.2, 0) is 18.6 Å². The molecular formula is C10H16ClNO4S. The fourth-order valence-corrected chi connectivity index (χ4v) is 4.54. The van der Waals surface area contributed by atoms with E-state index >= 15 is 0 Å². The quantitative estimate of drug-likeness (QED) is 0.559. The number of piperidine rings is 3. The lowest BCUT2D eigenvalue weighted by atomic mass is 9.76. The Morgan fingerprint density at radius 3 is 2.41 bits per heavy atom. The number of carbonyl (C=O) groups is 1. The lowest BCUT2D eigenvalue weighted by molar-refractivity contribution is -0.175. The first-order chi connectivity index (χ1) is 7.81. The number of nitrogens with zero attached hydrogens (tertiary/aromatic N) is 1. The van der Waals surface area contributed by atoms with Crippen molar-refractivity contribution in [3.05, 3.63) is 0 Å². The molecule has 1 unspecified atom stereocenters. The maximum absolute atomic E-state index is 11.3. The second-order valence-corrected chi connectivity index (χ2v) is 7.67. The normalized spacial score (nSPS) is 36.8. The maximum Gasteiger partial charge on any atom is 0.303 e. The summed E-state index contributed by atoms with van der Waals surface area (Å²) < 4.78 is 28.0. The Labute approximate surface area is 105 Å². The van der Waals surface area contributed by atoms with Crippen LogP contribution in [0.2, 0.25) is 0 Å². The van der Waals surface area contributed by atoms with Crippen molar-refractivity contribution < 1.29 is 17.9 Å². The van der Waals surface area contributed by atoms with Crippen LogP contribution in [0.4, 0.5) is 0 Å². The fourth-order valence-electron chi connectivity index (χ4n) is 3.01. The molecule has 17 heavy (non-hydrogen) atoms. The lowest BCUT2D eigenvalue weighted by Gasteiger charge is -2.51. The van der Waals surface area contributed by atoms with Crippen molar-refractivity contribution in [2.45, 2.75) is 25.4 Å². The van der Waals surface area contributed by atoms with Gasteiger partial charge in [0.25, 0.3) is 0 Å². The minimum Gasteiger partial charge on any atom is -0.456 e. The van der Waals surface area contributed by atoms with Crippen molar-refractivity contribution >= 4 is 25.7 Å². The molecule has 0 N–H and O–H groups in total. The molecule has 0 aromatic heterocycles. The average molecular weight is 282 g/mol. The summed E-state index contributed by atoms with van der Waals surface area (Å²) in [4.78, 5) is 13.3. The molecule has 98 valence electrons. The van der Waals surface area contributed by atoms with Gasteiger partial charge in [0, 0.05) is 30.1 Å². The van der Waals surface area contributed by atoms with Gasteiger partial charge in [0.05, 0.1) is 0 Å². The third kappa shape index (κ3) is 2.92. The monoisotopic (exact) mass is 281 g/mol. The van der Waals surface area contributed by atoms with Crippen molar-refractivity contribution in [3.8, 4) is 0 Å². The standard InChI is InChI=1S/C10H16ClNO4S/c1-8(13)16-10(7-17(11,14)15)6-12-4-2-9(10)3-5-12/h9H,2-7H2,1H3. The first-order valence-corrected chi connectivity index (χ1v) is 8.13. The highest BCUT2D eigenvalue weighted by Crippen LogP contribution is 2.39. The zero-order valence-electron chi connectivity index (χ0n) is 9.69. The van der Waals surface area contributed by atoms with Crippen molar-refractivity contribution in [2.75, 3.05) is 25.4 Å². The molecule has 7 heteroatoms. The van der Waals surface area contributed by atoms with E-state index in [1.807, 2.05) is 0 Å². The van der Waals surface area contributed by atoms with E-state index in [0.717, 1.165) is 25.9 Å². The van der Waals surface area contributed by atoms with E-state index in [2.05, 4.69) is 4.90 Å². The van der Waals surface area contributed by atoms with Crippen LogP contribution in [-0.4, -0.2) is 50.3 Å². The van der Waals surface area contributed by atoms with Crippen molar-refractivity contribution in [1.82, 2.24) is 4.90 Å². The zero-order valence-corrected chi connectivity index (χ0v) is 11.3. The summed E-state index contributed by atoms with van der Waals surface area (Å²) in [6.07, 6.45) is 1.72. The molecule has 0 spiro atoms. The SMILES string of the molecule is CC(=O)OC1(CS(=O)(=O)Cl)CN2CCC1CC2. The van der Waals surface area contributed by atoms with Crippen molar-refractivity contribution in [2.24, 2.45) is 5.92 Å². The summed E-state index contributed by atoms with van der Waals surface area (Å²) in [6.45, 7) is 3.66. The smallest absolute Gasteiger partial charge is 0.303 e. The second-order valence-electron chi connectivity index (χ2n) is 4.89.